The molecule has 0 saturated heterocycles. The van der Waals surface area contributed by atoms with Crippen molar-refractivity contribution in [1.82, 2.24) is 0 Å². The number of halogens is 1. The summed E-state index contributed by atoms with van der Waals surface area (Å²) in [6, 6.07) is 20.8. The van der Waals surface area contributed by atoms with Crippen LogP contribution in [-0.2, 0) is 0 Å². The molecule has 2 aromatic rings. The van der Waals surface area contributed by atoms with Crippen LogP contribution in [0.2, 0.25) is 0 Å². The van der Waals surface area contributed by atoms with Crippen molar-refractivity contribution in [2.24, 2.45) is 0 Å². The third kappa shape index (κ3) is 4.75. The highest BCUT2D eigenvalue weighted by molar-refractivity contribution is 9.18. The first-order valence-electron chi connectivity index (χ1n) is 4.69. The van der Waals surface area contributed by atoms with Gasteiger partial charge in [-0.15, -0.1) is 0 Å². The number of rotatable bonds is 1. The minimum Gasteiger partial charge on any atom is -0.473 e. The molecule has 1 N–H and O–H groups in total. The van der Waals surface area contributed by atoms with Crippen molar-refractivity contribution in [3.05, 3.63) is 60.7 Å². The molecular formula is C13H11BrO2. The van der Waals surface area contributed by atoms with Crippen LogP contribution in [0, 0.1) is 0 Å². The molecule has 0 heterocycles. The summed E-state index contributed by atoms with van der Waals surface area (Å²) in [6.07, 6.45) is 0. The van der Waals surface area contributed by atoms with Crippen LogP contribution in [-0.4, -0.2) is 9.99 Å². The minimum atomic E-state index is -1.02. The molecule has 0 amide bonds. The maximum Gasteiger partial charge on any atom is 0.372 e. The Morgan fingerprint density at radius 1 is 0.812 bits per heavy atom. The molecule has 3 heteroatoms. The Hall–Kier alpha value is -1.61. The molecule has 0 aliphatic rings. The van der Waals surface area contributed by atoms with E-state index >= 15 is 0 Å². The van der Waals surface area contributed by atoms with Gasteiger partial charge in [-0.2, -0.15) is 0 Å². The molecule has 0 aromatic heterocycles. The zero-order valence-corrected chi connectivity index (χ0v) is 10.1. The Kier molecular flexibility index (Phi) is 5.29. The number of carboxylic acid groups (broad SMARTS) is 1. The van der Waals surface area contributed by atoms with Crippen LogP contribution < -0.4 is 0 Å². The average Bonchev–Trinajstić information content (AvgIpc) is 2.31. The Morgan fingerprint density at radius 3 is 1.31 bits per heavy atom. The van der Waals surface area contributed by atoms with E-state index in [1.54, 1.807) is 0 Å². The largest absolute Gasteiger partial charge is 0.473 e. The second kappa shape index (κ2) is 6.80. The van der Waals surface area contributed by atoms with Crippen molar-refractivity contribution in [3.8, 4) is 11.1 Å². The lowest BCUT2D eigenvalue weighted by Crippen LogP contribution is -1.73. The van der Waals surface area contributed by atoms with Gasteiger partial charge in [0.2, 0.25) is 0 Å². The van der Waals surface area contributed by atoms with Crippen LogP contribution in [0.1, 0.15) is 0 Å². The summed E-state index contributed by atoms with van der Waals surface area (Å²) >= 11 is 2.19. The van der Waals surface area contributed by atoms with Crippen molar-refractivity contribution >= 4 is 20.8 Å². The Bertz CT molecular complexity index is 385. The van der Waals surface area contributed by atoms with Gasteiger partial charge in [0.25, 0.3) is 0 Å². The van der Waals surface area contributed by atoms with Gasteiger partial charge < -0.3 is 5.11 Å². The van der Waals surface area contributed by atoms with E-state index in [-0.39, 0.29) is 0 Å². The van der Waals surface area contributed by atoms with Crippen molar-refractivity contribution in [2.75, 3.05) is 0 Å². The fourth-order valence-corrected chi connectivity index (χ4v) is 1.26. The monoisotopic (exact) mass is 278 g/mol. The van der Waals surface area contributed by atoms with Crippen LogP contribution >= 0.6 is 15.9 Å². The Balaban J connectivity index is 0.000000280. The zero-order chi connectivity index (χ0) is 11.8. The molecule has 2 aromatic carbocycles. The maximum absolute atomic E-state index is 8.92. The molecule has 16 heavy (non-hydrogen) atoms. The van der Waals surface area contributed by atoms with Gasteiger partial charge >= 0.3 is 4.88 Å². The highest BCUT2D eigenvalue weighted by Crippen LogP contribution is 2.17. The van der Waals surface area contributed by atoms with Crippen LogP contribution in [0.3, 0.4) is 0 Å². The Morgan fingerprint density at radius 2 is 1.06 bits per heavy atom. The van der Waals surface area contributed by atoms with Crippen LogP contribution in [0.25, 0.3) is 11.1 Å². The molecule has 0 aliphatic carbocycles. The van der Waals surface area contributed by atoms with E-state index < -0.39 is 4.88 Å². The van der Waals surface area contributed by atoms with Crippen molar-refractivity contribution in [3.63, 3.8) is 0 Å². The fraction of sp³-hybridized carbons (Fsp3) is 0. The lowest BCUT2D eigenvalue weighted by atomic mass is 10.1. The summed E-state index contributed by atoms with van der Waals surface area (Å²) in [5.74, 6) is 0. The zero-order valence-electron chi connectivity index (χ0n) is 8.51. The number of hydrogen-bond acceptors (Lipinski definition) is 1. The third-order valence-electron chi connectivity index (χ3n) is 1.88. The Labute approximate surface area is 103 Å². The quantitative estimate of drug-likeness (QED) is 0.785. The van der Waals surface area contributed by atoms with Gasteiger partial charge in [0, 0.05) is 15.9 Å². The second-order valence-electron chi connectivity index (χ2n) is 2.99. The topological polar surface area (TPSA) is 37.3 Å². The van der Waals surface area contributed by atoms with Gasteiger partial charge in [0.05, 0.1) is 0 Å². The van der Waals surface area contributed by atoms with Crippen molar-refractivity contribution in [2.45, 2.75) is 0 Å². The van der Waals surface area contributed by atoms with Crippen LogP contribution in [0.5, 0.6) is 0 Å². The molecular weight excluding hydrogens is 268 g/mol. The lowest BCUT2D eigenvalue weighted by molar-refractivity contribution is 0.223. The summed E-state index contributed by atoms with van der Waals surface area (Å²) in [6.45, 7) is 0. The summed E-state index contributed by atoms with van der Waals surface area (Å²) in [7, 11) is 0. The summed E-state index contributed by atoms with van der Waals surface area (Å²) in [5, 5.41) is 7.33. The van der Waals surface area contributed by atoms with Crippen LogP contribution in [0.4, 0.5) is 4.79 Å². The summed E-state index contributed by atoms with van der Waals surface area (Å²) in [5.41, 5.74) is 2.55. The van der Waals surface area contributed by atoms with Gasteiger partial charge in [-0.3, -0.25) is 0 Å². The van der Waals surface area contributed by atoms with E-state index in [4.69, 9.17) is 9.90 Å². The molecule has 0 spiro atoms. The smallest absolute Gasteiger partial charge is 0.372 e. The SMILES string of the molecule is O=C(O)Br.c1ccc(-c2ccccc2)cc1. The first kappa shape index (κ1) is 12.5. The van der Waals surface area contributed by atoms with E-state index in [1.165, 1.54) is 11.1 Å². The highest BCUT2D eigenvalue weighted by atomic mass is 79.9. The van der Waals surface area contributed by atoms with E-state index in [9.17, 15) is 0 Å². The highest BCUT2D eigenvalue weighted by Gasteiger charge is 1.91. The van der Waals surface area contributed by atoms with Crippen molar-refractivity contribution < 1.29 is 9.90 Å². The molecule has 0 atom stereocenters. The minimum absolute atomic E-state index is 1.02. The second-order valence-corrected chi connectivity index (χ2v) is 3.66. The molecule has 2 rings (SSSR count). The lowest BCUT2D eigenvalue weighted by Gasteiger charge is -1.98. The standard InChI is InChI=1S/C12H10.CHBrO2/c1-3-7-11(8-4-1)12-9-5-2-6-10-12;2-1(3)4/h1-10H;(H,3,4). The number of benzene rings is 2. The van der Waals surface area contributed by atoms with Crippen LogP contribution in [0.15, 0.2) is 60.7 Å². The summed E-state index contributed by atoms with van der Waals surface area (Å²) < 4.78 is 0. The molecule has 0 fully saturated rings. The van der Waals surface area contributed by atoms with E-state index in [2.05, 4.69) is 64.5 Å². The van der Waals surface area contributed by atoms with E-state index in [0.717, 1.165) is 0 Å². The molecule has 0 bridgehead atoms. The number of hydrogen-bond donors (Lipinski definition) is 1. The van der Waals surface area contributed by atoms with Gasteiger partial charge in [-0.05, 0) is 11.1 Å². The van der Waals surface area contributed by atoms with Crippen molar-refractivity contribution in [1.29, 1.82) is 0 Å². The maximum atomic E-state index is 8.92. The van der Waals surface area contributed by atoms with Gasteiger partial charge in [0.1, 0.15) is 0 Å². The molecule has 0 unspecified atom stereocenters. The first-order valence-corrected chi connectivity index (χ1v) is 5.48. The first-order chi connectivity index (χ1) is 7.70. The predicted octanol–water partition coefficient (Wildman–Crippen LogP) is 4.41. The summed E-state index contributed by atoms with van der Waals surface area (Å²) in [4.78, 5) is 7.90. The number of carbonyl (C=O) groups is 1. The van der Waals surface area contributed by atoms with E-state index in [0.29, 0.717) is 0 Å². The predicted molar refractivity (Wildman–Crippen MR) is 68.8 cm³/mol. The average molecular weight is 279 g/mol. The normalized spacial score (nSPS) is 8.81. The molecule has 2 nitrogen and oxygen atoms in total. The van der Waals surface area contributed by atoms with Gasteiger partial charge in [-0.25, -0.2) is 4.79 Å². The van der Waals surface area contributed by atoms with Gasteiger partial charge in [-0.1, -0.05) is 60.7 Å². The van der Waals surface area contributed by atoms with E-state index in [1.807, 2.05) is 12.1 Å². The fourth-order valence-electron chi connectivity index (χ4n) is 1.26. The molecule has 82 valence electrons. The molecule has 0 saturated carbocycles. The third-order valence-corrected chi connectivity index (χ3v) is 1.88. The molecule has 0 aliphatic heterocycles. The molecule has 0 radical (unpaired) electrons. The van der Waals surface area contributed by atoms with Gasteiger partial charge in [0.15, 0.2) is 0 Å².